The van der Waals surface area contributed by atoms with Gasteiger partial charge in [0.2, 0.25) is 0 Å². The van der Waals surface area contributed by atoms with Gasteiger partial charge in [0.05, 0.1) is 0 Å². The highest BCUT2D eigenvalue weighted by molar-refractivity contribution is 4.72. The number of hydrogen-bond acceptors (Lipinski definition) is 3. The zero-order valence-electron chi connectivity index (χ0n) is 10.7. The third kappa shape index (κ3) is 5.83. The number of unbranched alkanes of at least 4 members (excludes halogenated alkanes) is 2. The summed E-state index contributed by atoms with van der Waals surface area (Å²) in [5.74, 6) is 0.946. The molecule has 3 heteroatoms. The summed E-state index contributed by atoms with van der Waals surface area (Å²) >= 11 is 0. The largest absolute Gasteiger partial charge is 0.396 e. The van der Waals surface area contributed by atoms with E-state index in [2.05, 4.69) is 10.2 Å². The maximum atomic E-state index is 8.70. The highest BCUT2D eigenvalue weighted by Crippen LogP contribution is 2.20. The summed E-state index contributed by atoms with van der Waals surface area (Å²) in [4.78, 5) is 2.59. The third-order valence-electron chi connectivity index (χ3n) is 3.64. The topological polar surface area (TPSA) is 35.5 Å². The van der Waals surface area contributed by atoms with E-state index in [1.54, 1.807) is 0 Å². The molecule has 1 saturated heterocycles. The number of likely N-dealkylation sites (tertiary alicyclic amines) is 1. The average Bonchev–Trinajstić information content (AvgIpc) is 2.33. The zero-order valence-corrected chi connectivity index (χ0v) is 10.7. The van der Waals surface area contributed by atoms with Gasteiger partial charge < -0.3 is 15.3 Å². The molecule has 2 N–H and O–H groups in total. The Labute approximate surface area is 100 Å². The van der Waals surface area contributed by atoms with Crippen molar-refractivity contribution < 1.29 is 5.11 Å². The molecule has 0 aromatic carbocycles. The van der Waals surface area contributed by atoms with Gasteiger partial charge in [0.15, 0.2) is 0 Å². The summed E-state index contributed by atoms with van der Waals surface area (Å²) in [5, 5.41) is 11.9. The Bertz CT molecular complexity index is 156. The molecule has 16 heavy (non-hydrogen) atoms. The normalized spacial score (nSPS) is 19.1. The molecule has 1 aliphatic rings. The molecule has 0 radical (unpaired) electrons. The molecule has 1 aliphatic heterocycles. The lowest BCUT2D eigenvalue weighted by Gasteiger charge is -2.31. The molecule has 1 heterocycles. The van der Waals surface area contributed by atoms with Crippen molar-refractivity contribution in [3.63, 3.8) is 0 Å². The van der Waals surface area contributed by atoms with Crippen LogP contribution in [-0.4, -0.2) is 49.8 Å². The van der Waals surface area contributed by atoms with E-state index in [9.17, 15) is 0 Å². The van der Waals surface area contributed by atoms with Crippen LogP contribution in [0.15, 0.2) is 0 Å². The minimum atomic E-state index is 0.353. The van der Waals surface area contributed by atoms with Crippen molar-refractivity contribution in [1.29, 1.82) is 0 Å². The molecule has 1 rings (SSSR count). The third-order valence-corrected chi connectivity index (χ3v) is 3.64. The Hall–Kier alpha value is -0.120. The van der Waals surface area contributed by atoms with Crippen LogP contribution < -0.4 is 5.32 Å². The van der Waals surface area contributed by atoms with Crippen LogP contribution in [0.2, 0.25) is 0 Å². The van der Waals surface area contributed by atoms with Gasteiger partial charge in [-0.1, -0.05) is 0 Å². The van der Waals surface area contributed by atoms with E-state index in [0.717, 1.165) is 12.3 Å². The summed E-state index contributed by atoms with van der Waals surface area (Å²) in [6.07, 6.45) is 7.49. The first-order chi connectivity index (χ1) is 7.86. The monoisotopic (exact) mass is 228 g/mol. The maximum absolute atomic E-state index is 8.70. The Kier molecular flexibility index (Phi) is 7.81. The number of nitrogens with zero attached hydrogens (tertiary/aromatic N) is 1. The van der Waals surface area contributed by atoms with Crippen molar-refractivity contribution in [2.24, 2.45) is 5.92 Å². The fraction of sp³-hybridized carbons (Fsp3) is 1.00. The first kappa shape index (κ1) is 13.9. The van der Waals surface area contributed by atoms with Crippen molar-refractivity contribution in [3.8, 4) is 0 Å². The number of rotatable bonds is 8. The lowest BCUT2D eigenvalue weighted by atomic mass is 9.93. The predicted octanol–water partition coefficient (Wildman–Crippen LogP) is 1.47. The molecule has 0 aromatic rings. The summed E-state index contributed by atoms with van der Waals surface area (Å²) in [5.41, 5.74) is 0. The molecule has 96 valence electrons. The standard InChI is InChI=1S/C13H28N2O/c1-14-8-5-13-6-10-15(11-7-13)9-3-2-4-12-16/h13-14,16H,2-12H2,1H3. The molecule has 3 nitrogen and oxygen atoms in total. The Morgan fingerprint density at radius 1 is 1.19 bits per heavy atom. The molecular formula is C13H28N2O. The fourth-order valence-electron chi connectivity index (χ4n) is 2.47. The van der Waals surface area contributed by atoms with E-state index < -0.39 is 0 Å². The quantitative estimate of drug-likeness (QED) is 0.618. The van der Waals surface area contributed by atoms with Gasteiger partial charge in [-0.2, -0.15) is 0 Å². The molecule has 0 aromatic heterocycles. The smallest absolute Gasteiger partial charge is 0.0431 e. The highest BCUT2D eigenvalue weighted by atomic mass is 16.2. The van der Waals surface area contributed by atoms with Crippen LogP contribution in [0.5, 0.6) is 0 Å². The lowest BCUT2D eigenvalue weighted by molar-refractivity contribution is 0.174. The molecule has 1 fully saturated rings. The van der Waals surface area contributed by atoms with Gasteiger partial charge in [-0.3, -0.25) is 0 Å². The second-order valence-electron chi connectivity index (χ2n) is 4.96. The van der Waals surface area contributed by atoms with E-state index in [0.29, 0.717) is 6.61 Å². The van der Waals surface area contributed by atoms with Crippen molar-refractivity contribution in [2.75, 3.05) is 39.8 Å². The Balaban J connectivity index is 1.98. The van der Waals surface area contributed by atoms with Gasteiger partial charge in [0.1, 0.15) is 0 Å². The minimum Gasteiger partial charge on any atom is -0.396 e. The van der Waals surface area contributed by atoms with Gasteiger partial charge >= 0.3 is 0 Å². The van der Waals surface area contributed by atoms with Gasteiger partial charge in [0, 0.05) is 6.61 Å². The average molecular weight is 228 g/mol. The van der Waals surface area contributed by atoms with Crippen molar-refractivity contribution in [2.45, 2.75) is 38.5 Å². The number of piperidine rings is 1. The van der Waals surface area contributed by atoms with E-state index >= 15 is 0 Å². The molecule has 0 saturated carbocycles. The minimum absolute atomic E-state index is 0.353. The van der Waals surface area contributed by atoms with Gasteiger partial charge in [0.25, 0.3) is 0 Å². The van der Waals surface area contributed by atoms with E-state index in [1.807, 2.05) is 7.05 Å². The van der Waals surface area contributed by atoms with Crippen LogP contribution >= 0.6 is 0 Å². The molecule has 0 atom stereocenters. The highest BCUT2D eigenvalue weighted by Gasteiger charge is 2.17. The number of hydrogen-bond donors (Lipinski definition) is 2. The molecule has 0 spiro atoms. The molecule has 0 aliphatic carbocycles. The van der Waals surface area contributed by atoms with Gasteiger partial charge in [-0.15, -0.1) is 0 Å². The molecule has 0 bridgehead atoms. The number of aliphatic hydroxyl groups is 1. The zero-order chi connectivity index (χ0) is 11.6. The van der Waals surface area contributed by atoms with Crippen LogP contribution in [-0.2, 0) is 0 Å². The first-order valence-electron chi connectivity index (χ1n) is 6.84. The van der Waals surface area contributed by atoms with Crippen molar-refractivity contribution in [3.05, 3.63) is 0 Å². The summed E-state index contributed by atoms with van der Waals surface area (Å²) < 4.78 is 0. The second kappa shape index (κ2) is 8.97. The van der Waals surface area contributed by atoms with Crippen LogP contribution in [0.3, 0.4) is 0 Å². The van der Waals surface area contributed by atoms with Crippen molar-refractivity contribution >= 4 is 0 Å². The van der Waals surface area contributed by atoms with E-state index in [-0.39, 0.29) is 0 Å². The SMILES string of the molecule is CNCCC1CCN(CCCCCO)CC1. The van der Waals surface area contributed by atoms with Crippen LogP contribution in [0.4, 0.5) is 0 Å². The van der Waals surface area contributed by atoms with E-state index in [1.165, 1.54) is 58.3 Å². The fourth-order valence-corrected chi connectivity index (χ4v) is 2.47. The number of nitrogens with one attached hydrogen (secondary N) is 1. The van der Waals surface area contributed by atoms with Crippen molar-refractivity contribution in [1.82, 2.24) is 10.2 Å². The van der Waals surface area contributed by atoms with Crippen LogP contribution in [0.25, 0.3) is 0 Å². The maximum Gasteiger partial charge on any atom is 0.0431 e. The molecule has 0 unspecified atom stereocenters. The summed E-state index contributed by atoms with van der Waals surface area (Å²) in [7, 11) is 2.04. The van der Waals surface area contributed by atoms with Crippen LogP contribution in [0, 0.1) is 5.92 Å². The van der Waals surface area contributed by atoms with E-state index in [4.69, 9.17) is 5.11 Å². The Morgan fingerprint density at radius 2 is 1.94 bits per heavy atom. The summed E-state index contributed by atoms with van der Waals surface area (Å²) in [6, 6.07) is 0. The second-order valence-corrected chi connectivity index (χ2v) is 4.96. The molecule has 0 amide bonds. The Morgan fingerprint density at radius 3 is 2.56 bits per heavy atom. The predicted molar refractivity (Wildman–Crippen MR) is 68.6 cm³/mol. The molecular weight excluding hydrogens is 200 g/mol. The summed E-state index contributed by atoms with van der Waals surface area (Å²) in [6.45, 7) is 5.33. The first-order valence-corrected chi connectivity index (χ1v) is 6.84. The van der Waals surface area contributed by atoms with Gasteiger partial charge in [-0.25, -0.2) is 0 Å². The van der Waals surface area contributed by atoms with Gasteiger partial charge in [-0.05, 0) is 77.7 Å². The number of aliphatic hydroxyl groups excluding tert-OH is 1. The lowest BCUT2D eigenvalue weighted by Crippen LogP contribution is -2.35. The van der Waals surface area contributed by atoms with Crippen LogP contribution in [0.1, 0.15) is 38.5 Å².